The highest BCUT2D eigenvalue weighted by Gasteiger charge is 2.47. The number of urea groups is 1. The Morgan fingerprint density at radius 1 is 1.19 bits per heavy atom. The molecule has 0 radical (unpaired) electrons. The number of rotatable bonds is 6. The topological polar surface area (TPSA) is 58.6 Å². The number of nitrogens with one attached hydrogen (secondary N) is 1. The van der Waals surface area contributed by atoms with E-state index in [9.17, 15) is 14.0 Å². The molecule has 0 bridgehead atoms. The summed E-state index contributed by atoms with van der Waals surface area (Å²) in [7, 11) is 1.60. The van der Waals surface area contributed by atoms with E-state index in [1.54, 1.807) is 14.0 Å². The minimum absolute atomic E-state index is 0.127. The summed E-state index contributed by atoms with van der Waals surface area (Å²) in [4.78, 5) is 26.2. The molecule has 3 amide bonds. The molecule has 2 aromatic rings. The minimum atomic E-state index is -1.05. The monoisotopic (exact) mass is 390 g/mol. The number of ether oxygens (including phenoxy) is 1. The zero-order valence-electron chi connectivity index (χ0n) is 15.1. The molecule has 5 nitrogen and oxygen atoms in total. The summed E-state index contributed by atoms with van der Waals surface area (Å²) < 4.78 is 19.1. The lowest BCUT2D eigenvalue weighted by molar-refractivity contribution is -0.131. The van der Waals surface area contributed by atoms with Crippen molar-refractivity contribution in [3.63, 3.8) is 0 Å². The maximum absolute atomic E-state index is 14.0. The van der Waals surface area contributed by atoms with Crippen molar-refractivity contribution in [2.75, 3.05) is 7.11 Å². The quantitative estimate of drug-likeness (QED) is 0.760. The van der Waals surface area contributed by atoms with Crippen molar-refractivity contribution in [3.05, 3.63) is 64.4 Å². The first-order valence-electron chi connectivity index (χ1n) is 8.54. The number of hydrogen-bond acceptors (Lipinski definition) is 3. The van der Waals surface area contributed by atoms with Crippen molar-refractivity contribution >= 4 is 23.5 Å². The Morgan fingerprint density at radius 3 is 2.52 bits per heavy atom. The molecule has 1 heterocycles. The maximum atomic E-state index is 14.0. The van der Waals surface area contributed by atoms with Crippen molar-refractivity contribution in [2.24, 2.45) is 0 Å². The van der Waals surface area contributed by atoms with Gasteiger partial charge in [0.05, 0.1) is 13.7 Å². The van der Waals surface area contributed by atoms with Gasteiger partial charge in [0.15, 0.2) is 0 Å². The second kappa shape index (κ2) is 7.56. The third-order valence-corrected chi connectivity index (χ3v) is 5.15. The van der Waals surface area contributed by atoms with E-state index >= 15 is 0 Å². The van der Waals surface area contributed by atoms with E-state index in [0.29, 0.717) is 12.8 Å². The Labute approximate surface area is 162 Å². The first-order valence-corrected chi connectivity index (χ1v) is 8.92. The summed E-state index contributed by atoms with van der Waals surface area (Å²) in [5, 5.41) is 2.91. The molecule has 1 aliphatic rings. The second-order valence-electron chi connectivity index (χ2n) is 6.70. The van der Waals surface area contributed by atoms with Crippen LogP contribution in [0.5, 0.6) is 5.75 Å². The number of nitrogens with zero attached hydrogens (tertiary/aromatic N) is 1. The first kappa shape index (κ1) is 19.2. The molecule has 0 saturated carbocycles. The Bertz CT molecular complexity index is 852. The largest absolute Gasteiger partial charge is 0.497 e. The van der Waals surface area contributed by atoms with Crippen molar-refractivity contribution in [1.82, 2.24) is 10.2 Å². The molecule has 1 fully saturated rings. The predicted molar refractivity (Wildman–Crippen MR) is 100 cm³/mol. The Kier molecular flexibility index (Phi) is 5.37. The number of benzene rings is 2. The number of amides is 3. The molecule has 2 aromatic carbocycles. The number of carbonyl (C=O) groups excluding carboxylic acids is 2. The molecule has 1 N–H and O–H groups in total. The van der Waals surface area contributed by atoms with Crippen LogP contribution in [-0.4, -0.2) is 29.5 Å². The fourth-order valence-corrected chi connectivity index (χ4v) is 3.31. The van der Waals surface area contributed by atoms with E-state index < -0.39 is 17.4 Å². The number of halogens is 2. The molecule has 0 unspecified atom stereocenters. The van der Waals surface area contributed by atoms with Crippen LogP contribution in [0.25, 0.3) is 0 Å². The molecule has 7 heteroatoms. The highest BCUT2D eigenvalue weighted by atomic mass is 35.5. The van der Waals surface area contributed by atoms with Crippen molar-refractivity contribution in [2.45, 2.75) is 31.8 Å². The molecule has 27 heavy (non-hydrogen) atoms. The summed E-state index contributed by atoms with van der Waals surface area (Å²) in [6.07, 6.45) is 1.02. The molecular formula is C20H20ClFN2O3. The molecule has 3 rings (SSSR count). The van der Waals surface area contributed by atoms with E-state index in [1.165, 1.54) is 18.2 Å². The number of aryl methyl sites for hydroxylation is 1. The van der Waals surface area contributed by atoms with Gasteiger partial charge >= 0.3 is 6.03 Å². The van der Waals surface area contributed by atoms with Gasteiger partial charge in [-0.05, 0) is 49.6 Å². The smallest absolute Gasteiger partial charge is 0.325 e. The predicted octanol–water partition coefficient (Wildman–Crippen LogP) is 3.93. The van der Waals surface area contributed by atoms with Crippen LogP contribution in [0.4, 0.5) is 9.18 Å². The van der Waals surface area contributed by atoms with E-state index in [2.05, 4.69) is 5.32 Å². The zero-order valence-corrected chi connectivity index (χ0v) is 15.8. The van der Waals surface area contributed by atoms with Crippen LogP contribution in [0.1, 0.15) is 24.5 Å². The average molecular weight is 391 g/mol. The van der Waals surface area contributed by atoms with Crippen molar-refractivity contribution in [1.29, 1.82) is 0 Å². The van der Waals surface area contributed by atoms with Crippen LogP contribution in [0, 0.1) is 5.82 Å². The Hall–Kier alpha value is -2.60. The van der Waals surface area contributed by atoms with Gasteiger partial charge in [-0.3, -0.25) is 9.69 Å². The van der Waals surface area contributed by atoms with Gasteiger partial charge in [0.25, 0.3) is 5.91 Å². The summed E-state index contributed by atoms with van der Waals surface area (Å²) in [5.74, 6) is -0.182. The van der Waals surface area contributed by atoms with Crippen LogP contribution >= 0.6 is 11.6 Å². The summed E-state index contributed by atoms with van der Waals surface area (Å²) >= 11 is 6.02. The third-order valence-electron chi connectivity index (χ3n) is 4.80. The normalized spacial score (nSPS) is 19.3. The van der Waals surface area contributed by atoms with E-state index in [0.717, 1.165) is 16.2 Å². The summed E-state index contributed by atoms with van der Waals surface area (Å²) in [5.41, 5.74) is 0.103. The molecule has 0 aliphatic carbocycles. The van der Waals surface area contributed by atoms with Gasteiger partial charge in [0.1, 0.15) is 17.1 Å². The molecule has 0 spiro atoms. The van der Waals surface area contributed by atoms with Crippen LogP contribution in [0.15, 0.2) is 42.5 Å². The lowest BCUT2D eigenvalue weighted by Crippen LogP contribution is -2.44. The van der Waals surface area contributed by atoms with Gasteiger partial charge in [-0.1, -0.05) is 29.8 Å². The second-order valence-corrected chi connectivity index (χ2v) is 7.11. The minimum Gasteiger partial charge on any atom is -0.497 e. The van der Waals surface area contributed by atoms with Crippen molar-refractivity contribution in [3.8, 4) is 5.75 Å². The third kappa shape index (κ3) is 3.90. The molecular weight excluding hydrogens is 371 g/mol. The number of methoxy groups -OCH3 is 1. The van der Waals surface area contributed by atoms with Gasteiger partial charge in [0, 0.05) is 10.6 Å². The summed E-state index contributed by atoms with van der Waals surface area (Å²) in [6, 6.07) is 11.2. The molecule has 142 valence electrons. The molecule has 1 aliphatic heterocycles. The Balaban J connectivity index is 1.72. The standard InChI is InChI=1S/C20H20ClFN2O3/c1-20(11-10-13-6-8-14(27-2)9-7-13)18(25)24(19(26)23-20)12-15-16(21)4-3-5-17(15)22/h3-9H,10-12H2,1-2H3,(H,23,26)/t20-/m0/s1. The van der Waals surface area contributed by atoms with Crippen molar-refractivity contribution < 1.29 is 18.7 Å². The van der Waals surface area contributed by atoms with Crippen LogP contribution in [0.3, 0.4) is 0 Å². The highest BCUT2D eigenvalue weighted by molar-refractivity contribution is 6.31. The average Bonchev–Trinajstić information content (AvgIpc) is 2.86. The lowest BCUT2D eigenvalue weighted by Gasteiger charge is -2.22. The SMILES string of the molecule is COc1ccc(CC[C@]2(C)NC(=O)N(Cc3c(F)cccc3Cl)C2=O)cc1. The van der Waals surface area contributed by atoms with Crippen LogP contribution in [-0.2, 0) is 17.8 Å². The molecule has 0 aromatic heterocycles. The van der Waals surface area contributed by atoms with Crippen LogP contribution in [0.2, 0.25) is 5.02 Å². The maximum Gasteiger partial charge on any atom is 0.325 e. The first-order chi connectivity index (χ1) is 12.8. The molecule has 1 saturated heterocycles. The fraction of sp³-hybridized carbons (Fsp3) is 0.300. The summed E-state index contributed by atoms with van der Waals surface area (Å²) in [6.45, 7) is 1.48. The van der Waals surface area contributed by atoms with E-state index in [4.69, 9.17) is 16.3 Å². The lowest BCUT2D eigenvalue weighted by atomic mass is 9.93. The number of imide groups is 1. The number of carbonyl (C=O) groups is 2. The van der Waals surface area contributed by atoms with Crippen LogP contribution < -0.4 is 10.1 Å². The highest BCUT2D eigenvalue weighted by Crippen LogP contribution is 2.28. The Morgan fingerprint density at radius 2 is 1.89 bits per heavy atom. The van der Waals surface area contributed by atoms with Gasteiger partial charge in [0.2, 0.25) is 0 Å². The molecule has 1 atom stereocenters. The van der Waals surface area contributed by atoms with Gasteiger partial charge in [-0.15, -0.1) is 0 Å². The van der Waals surface area contributed by atoms with Gasteiger partial charge in [-0.2, -0.15) is 0 Å². The number of hydrogen-bond donors (Lipinski definition) is 1. The van der Waals surface area contributed by atoms with Gasteiger partial charge < -0.3 is 10.1 Å². The van der Waals surface area contributed by atoms with Gasteiger partial charge in [-0.25, -0.2) is 9.18 Å². The van der Waals surface area contributed by atoms with E-state index in [-0.39, 0.29) is 23.0 Å². The zero-order chi connectivity index (χ0) is 19.6. The fourth-order valence-electron chi connectivity index (χ4n) is 3.09. The van der Waals surface area contributed by atoms with E-state index in [1.807, 2.05) is 24.3 Å².